The highest BCUT2D eigenvalue weighted by Gasteiger charge is 2.12. The second-order valence-corrected chi connectivity index (χ2v) is 6.45. The van der Waals surface area contributed by atoms with Crippen LogP contribution in [0.5, 0.6) is 17.2 Å². The van der Waals surface area contributed by atoms with Gasteiger partial charge in [0.2, 0.25) is 0 Å². The minimum Gasteiger partial charge on any atom is -0.493 e. The lowest BCUT2D eigenvalue weighted by atomic mass is 10.1. The van der Waals surface area contributed by atoms with E-state index in [1.54, 1.807) is 32.4 Å². The first-order chi connectivity index (χ1) is 11.4. The van der Waals surface area contributed by atoms with Gasteiger partial charge in [0.05, 0.1) is 20.6 Å². The fraction of sp³-hybridized carbons (Fsp3) is 0.278. The maximum Gasteiger partial charge on any atom is 0.311 e. The summed E-state index contributed by atoms with van der Waals surface area (Å²) < 4.78 is 16.7. The number of hydrogen-bond donors (Lipinski definition) is 0. The van der Waals surface area contributed by atoms with Crippen molar-refractivity contribution in [2.75, 3.05) is 14.2 Å². The van der Waals surface area contributed by atoms with E-state index in [0.29, 0.717) is 28.7 Å². The monoisotopic (exact) mass is 412 g/mol. The van der Waals surface area contributed by atoms with Gasteiger partial charge < -0.3 is 14.2 Å². The molecule has 0 spiro atoms. The van der Waals surface area contributed by atoms with Crippen molar-refractivity contribution in [2.45, 2.75) is 19.8 Å². The standard InChI is InChI=1S/C18H18BrClO4/c1-11-8-13(5-6-15(11)20)24-18(21)7-4-12-9-16(22-2)17(23-3)10-14(12)19/h5-6,8-10H,4,7H2,1-3H3. The van der Waals surface area contributed by atoms with E-state index in [4.69, 9.17) is 25.8 Å². The van der Waals surface area contributed by atoms with Gasteiger partial charge in [-0.1, -0.05) is 27.5 Å². The topological polar surface area (TPSA) is 44.8 Å². The molecule has 0 saturated heterocycles. The number of carbonyl (C=O) groups is 1. The largest absolute Gasteiger partial charge is 0.493 e. The first kappa shape index (κ1) is 18.6. The van der Waals surface area contributed by atoms with Crippen LogP contribution in [0.25, 0.3) is 0 Å². The predicted molar refractivity (Wildman–Crippen MR) is 97.4 cm³/mol. The third-order valence-corrected chi connectivity index (χ3v) is 4.67. The molecular formula is C18H18BrClO4. The summed E-state index contributed by atoms with van der Waals surface area (Å²) in [6.45, 7) is 1.86. The van der Waals surface area contributed by atoms with E-state index in [1.165, 1.54) is 0 Å². The number of hydrogen-bond acceptors (Lipinski definition) is 4. The highest BCUT2D eigenvalue weighted by molar-refractivity contribution is 9.10. The van der Waals surface area contributed by atoms with Crippen LogP contribution in [0.1, 0.15) is 17.5 Å². The van der Waals surface area contributed by atoms with Crippen LogP contribution in [0.2, 0.25) is 5.02 Å². The van der Waals surface area contributed by atoms with Crippen LogP contribution in [-0.2, 0) is 11.2 Å². The van der Waals surface area contributed by atoms with Crippen LogP contribution in [0.3, 0.4) is 0 Å². The maximum atomic E-state index is 12.0. The van der Waals surface area contributed by atoms with Gasteiger partial charge in [-0.25, -0.2) is 0 Å². The van der Waals surface area contributed by atoms with Crippen molar-refractivity contribution < 1.29 is 19.0 Å². The van der Waals surface area contributed by atoms with Crippen molar-refractivity contribution in [1.29, 1.82) is 0 Å². The Morgan fingerprint density at radius 3 is 2.42 bits per heavy atom. The third kappa shape index (κ3) is 4.65. The first-order valence-corrected chi connectivity index (χ1v) is 8.49. The van der Waals surface area contributed by atoms with Crippen LogP contribution in [0.15, 0.2) is 34.8 Å². The first-order valence-electron chi connectivity index (χ1n) is 7.31. The summed E-state index contributed by atoms with van der Waals surface area (Å²) in [7, 11) is 3.15. The molecule has 2 aromatic carbocycles. The van der Waals surface area contributed by atoms with E-state index in [9.17, 15) is 4.79 Å². The summed E-state index contributed by atoms with van der Waals surface area (Å²) in [5.41, 5.74) is 1.81. The zero-order valence-electron chi connectivity index (χ0n) is 13.7. The number of methoxy groups -OCH3 is 2. The van der Waals surface area contributed by atoms with Gasteiger partial charge in [-0.2, -0.15) is 0 Å². The SMILES string of the molecule is COc1cc(Br)c(CCC(=O)Oc2ccc(Cl)c(C)c2)cc1OC. The molecule has 0 bridgehead atoms. The van der Waals surface area contributed by atoms with Gasteiger partial charge in [0.25, 0.3) is 0 Å². The Balaban J connectivity index is 2.02. The van der Waals surface area contributed by atoms with Crippen molar-refractivity contribution in [3.05, 3.63) is 51.0 Å². The molecule has 24 heavy (non-hydrogen) atoms. The summed E-state index contributed by atoms with van der Waals surface area (Å²) in [6.07, 6.45) is 0.766. The second kappa shape index (κ2) is 8.40. The molecular weight excluding hydrogens is 396 g/mol. The fourth-order valence-corrected chi connectivity index (χ4v) is 2.83. The molecule has 0 aliphatic rings. The number of halogens is 2. The predicted octanol–water partition coefficient (Wildman–Crippen LogP) is 4.97. The molecule has 4 nitrogen and oxygen atoms in total. The Morgan fingerprint density at radius 1 is 1.12 bits per heavy atom. The molecule has 128 valence electrons. The number of benzene rings is 2. The van der Waals surface area contributed by atoms with Crippen LogP contribution in [0.4, 0.5) is 0 Å². The van der Waals surface area contributed by atoms with E-state index in [2.05, 4.69) is 15.9 Å². The molecule has 0 atom stereocenters. The van der Waals surface area contributed by atoms with E-state index in [1.807, 2.05) is 19.1 Å². The average Bonchev–Trinajstić information content (AvgIpc) is 2.56. The highest BCUT2D eigenvalue weighted by Crippen LogP contribution is 2.34. The number of ether oxygens (including phenoxy) is 3. The van der Waals surface area contributed by atoms with Gasteiger partial charge in [0.1, 0.15) is 5.75 Å². The zero-order chi connectivity index (χ0) is 17.7. The Bertz CT molecular complexity index is 746. The average molecular weight is 414 g/mol. The summed E-state index contributed by atoms with van der Waals surface area (Å²) in [5.74, 6) is 1.44. The molecule has 6 heteroatoms. The molecule has 0 radical (unpaired) electrons. The summed E-state index contributed by atoms with van der Waals surface area (Å²) >= 11 is 9.44. The molecule has 0 aromatic heterocycles. The number of carbonyl (C=O) groups excluding carboxylic acids is 1. The van der Waals surface area contributed by atoms with E-state index < -0.39 is 0 Å². The lowest BCUT2D eigenvalue weighted by molar-refractivity contribution is -0.134. The van der Waals surface area contributed by atoms with Crippen LogP contribution in [0, 0.1) is 6.92 Å². The molecule has 0 amide bonds. The van der Waals surface area contributed by atoms with Gasteiger partial charge in [0, 0.05) is 9.50 Å². The zero-order valence-corrected chi connectivity index (χ0v) is 16.0. The van der Waals surface area contributed by atoms with Crippen molar-refractivity contribution >= 4 is 33.5 Å². The smallest absolute Gasteiger partial charge is 0.311 e. The molecule has 2 aromatic rings. The normalized spacial score (nSPS) is 10.4. The Hall–Kier alpha value is -1.72. The second-order valence-electron chi connectivity index (χ2n) is 5.18. The molecule has 0 aliphatic heterocycles. The van der Waals surface area contributed by atoms with Crippen molar-refractivity contribution in [2.24, 2.45) is 0 Å². The Labute approximate surface area is 154 Å². The van der Waals surface area contributed by atoms with E-state index in [0.717, 1.165) is 15.6 Å². The van der Waals surface area contributed by atoms with Crippen molar-refractivity contribution in [1.82, 2.24) is 0 Å². The quantitative estimate of drug-likeness (QED) is 0.495. The van der Waals surface area contributed by atoms with Crippen LogP contribution >= 0.6 is 27.5 Å². The van der Waals surface area contributed by atoms with Gasteiger partial charge in [0.15, 0.2) is 11.5 Å². The lowest BCUT2D eigenvalue weighted by Gasteiger charge is -2.12. The molecule has 2 rings (SSSR count). The lowest BCUT2D eigenvalue weighted by Crippen LogP contribution is -2.09. The molecule has 0 fully saturated rings. The Morgan fingerprint density at radius 2 is 1.79 bits per heavy atom. The summed E-state index contributed by atoms with van der Waals surface area (Å²) in [4.78, 5) is 12.0. The van der Waals surface area contributed by atoms with E-state index >= 15 is 0 Å². The number of aryl methyl sites for hydroxylation is 2. The minimum atomic E-state index is -0.307. The minimum absolute atomic E-state index is 0.246. The fourth-order valence-electron chi connectivity index (χ4n) is 2.19. The maximum absolute atomic E-state index is 12.0. The third-order valence-electron chi connectivity index (χ3n) is 3.51. The molecule has 0 heterocycles. The summed E-state index contributed by atoms with van der Waals surface area (Å²) in [6, 6.07) is 8.81. The van der Waals surface area contributed by atoms with Gasteiger partial charge >= 0.3 is 5.97 Å². The molecule has 0 saturated carbocycles. The van der Waals surface area contributed by atoms with Gasteiger partial charge in [-0.05, 0) is 54.8 Å². The Kier molecular flexibility index (Phi) is 6.52. The molecule has 0 unspecified atom stereocenters. The number of esters is 1. The molecule has 0 aliphatic carbocycles. The van der Waals surface area contributed by atoms with Gasteiger partial charge in [-0.15, -0.1) is 0 Å². The van der Waals surface area contributed by atoms with E-state index in [-0.39, 0.29) is 12.4 Å². The highest BCUT2D eigenvalue weighted by atomic mass is 79.9. The molecule has 0 N–H and O–H groups in total. The number of rotatable bonds is 6. The van der Waals surface area contributed by atoms with Crippen molar-refractivity contribution in [3.8, 4) is 17.2 Å². The van der Waals surface area contributed by atoms with Crippen molar-refractivity contribution in [3.63, 3.8) is 0 Å². The van der Waals surface area contributed by atoms with Crippen LogP contribution in [-0.4, -0.2) is 20.2 Å². The summed E-state index contributed by atoms with van der Waals surface area (Å²) in [5, 5.41) is 0.643. The van der Waals surface area contributed by atoms with Crippen LogP contribution < -0.4 is 14.2 Å². The van der Waals surface area contributed by atoms with Gasteiger partial charge in [-0.3, -0.25) is 4.79 Å².